The largest absolute Gasteiger partial charge is 0.497 e. The topological polar surface area (TPSA) is 88.2 Å². The van der Waals surface area contributed by atoms with E-state index >= 15 is 0 Å². The third-order valence-electron chi connectivity index (χ3n) is 4.51. The van der Waals surface area contributed by atoms with Crippen LogP contribution in [0.15, 0.2) is 24.3 Å². The Kier molecular flexibility index (Phi) is 5.39. The van der Waals surface area contributed by atoms with Crippen molar-refractivity contribution in [3.05, 3.63) is 24.3 Å². The number of carbonyl (C=O) groups excluding carboxylic acids is 1. The molecule has 0 aliphatic carbocycles. The monoisotopic (exact) mass is 389 g/mol. The van der Waals surface area contributed by atoms with Gasteiger partial charge in [-0.1, -0.05) is 11.3 Å². The Bertz CT molecular complexity index is 785. The summed E-state index contributed by atoms with van der Waals surface area (Å²) in [5.41, 5.74) is 0.886. The molecule has 0 spiro atoms. The van der Waals surface area contributed by atoms with E-state index in [1.54, 1.807) is 7.11 Å². The first-order chi connectivity index (χ1) is 12.7. The maximum absolute atomic E-state index is 12.4. The van der Waals surface area contributed by atoms with Crippen LogP contribution in [0.25, 0.3) is 10.6 Å². The first-order valence-electron chi connectivity index (χ1n) is 9.01. The Morgan fingerprint density at radius 2 is 1.78 bits per heavy atom. The molecule has 2 amide bonds. The van der Waals surface area contributed by atoms with E-state index in [-0.39, 0.29) is 23.2 Å². The molecule has 146 valence electrons. The second kappa shape index (κ2) is 7.44. The second-order valence-electron chi connectivity index (χ2n) is 8.24. The first-order valence-corrected chi connectivity index (χ1v) is 9.82. The van der Waals surface area contributed by atoms with Gasteiger partial charge in [0.2, 0.25) is 5.13 Å². The number of carbonyl (C=O) groups is 1. The minimum absolute atomic E-state index is 0.0238. The van der Waals surface area contributed by atoms with Crippen LogP contribution in [0.3, 0.4) is 0 Å². The highest BCUT2D eigenvalue weighted by Gasteiger charge is 2.38. The zero-order valence-electron chi connectivity index (χ0n) is 16.4. The highest BCUT2D eigenvalue weighted by molar-refractivity contribution is 7.18. The van der Waals surface area contributed by atoms with E-state index in [4.69, 9.17) is 4.74 Å². The van der Waals surface area contributed by atoms with Gasteiger partial charge in [-0.25, -0.2) is 4.79 Å². The van der Waals surface area contributed by atoms with E-state index in [9.17, 15) is 4.79 Å². The van der Waals surface area contributed by atoms with Gasteiger partial charge in [-0.3, -0.25) is 5.32 Å². The third-order valence-corrected chi connectivity index (χ3v) is 5.40. The summed E-state index contributed by atoms with van der Waals surface area (Å²) >= 11 is 1.34. The normalized spacial score (nSPS) is 18.7. The van der Waals surface area contributed by atoms with E-state index < -0.39 is 0 Å². The molecule has 2 heterocycles. The number of aromatic nitrogens is 2. The third kappa shape index (κ3) is 5.17. The average molecular weight is 390 g/mol. The predicted octanol–water partition coefficient (Wildman–Crippen LogP) is 3.64. The smallest absolute Gasteiger partial charge is 0.321 e. The Morgan fingerprint density at radius 3 is 2.37 bits per heavy atom. The van der Waals surface area contributed by atoms with Gasteiger partial charge in [0.05, 0.1) is 7.11 Å². The molecule has 0 atom stereocenters. The van der Waals surface area contributed by atoms with Crippen molar-refractivity contribution >= 4 is 22.5 Å². The predicted molar refractivity (Wildman–Crippen MR) is 108 cm³/mol. The highest BCUT2D eigenvalue weighted by Crippen LogP contribution is 2.29. The van der Waals surface area contributed by atoms with E-state index in [1.807, 2.05) is 24.3 Å². The molecule has 1 saturated heterocycles. The summed E-state index contributed by atoms with van der Waals surface area (Å²) in [6.07, 6.45) is 1.74. The minimum atomic E-state index is -0.245. The second-order valence-corrected chi connectivity index (χ2v) is 9.21. The van der Waals surface area contributed by atoms with Gasteiger partial charge < -0.3 is 15.4 Å². The molecule has 0 unspecified atom stereocenters. The van der Waals surface area contributed by atoms with Gasteiger partial charge in [0.1, 0.15) is 10.8 Å². The fraction of sp³-hybridized carbons (Fsp3) is 0.526. The first kappa shape index (κ1) is 19.6. The number of benzene rings is 1. The van der Waals surface area contributed by atoms with Crippen LogP contribution in [-0.2, 0) is 0 Å². The van der Waals surface area contributed by atoms with Crippen LogP contribution in [0, 0.1) is 0 Å². The van der Waals surface area contributed by atoms with Crippen molar-refractivity contribution in [1.82, 2.24) is 20.8 Å². The van der Waals surface area contributed by atoms with Gasteiger partial charge in [-0.2, -0.15) is 0 Å². The molecule has 0 radical (unpaired) electrons. The van der Waals surface area contributed by atoms with Crippen molar-refractivity contribution in [3.63, 3.8) is 0 Å². The molecule has 1 aromatic carbocycles. The van der Waals surface area contributed by atoms with E-state index in [0.717, 1.165) is 29.2 Å². The molecule has 2 aromatic rings. The zero-order valence-corrected chi connectivity index (χ0v) is 17.2. The number of amides is 2. The number of rotatable bonds is 4. The lowest BCUT2D eigenvalue weighted by Crippen LogP contribution is -2.62. The molecular weight excluding hydrogens is 362 g/mol. The SMILES string of the molecule is COc1ccc(-c2nnc(NC(=O)NC3CC(C)(C)NC(C)(C)C3)s2)cc1. The van der Waals surface area contributed by atoms with E-state index in [2.05, 4.69) is 53.8 Å². The van der Waals surface area contributed by atoms with Gasteiger partial charge in [0, 0.05) is 22.7 Å². The molecule has 27 heavy (non-hydrogen) atoms. The summed E-state index contributed by atoms with van der Waals surface area (Å²) in [6, 6.07) is 7.44. The molecule has 0 saturated carbocycles. The van der Waals surface area contributed by atoms with E-state index in [1.165, 1.54) is 11.3 Å². The minimum Gasteiger partial charge on any atom is -0.497 e. The molecule has 1 aliphatic heterocycles. The van der Waals surface area contributed by atoms with Gasteiger partial charge in [0.15, 0.2) is 0 Å². The molecular formula is C19H27N5O2S. The number of piperidine rings is 1. The van der Waals surface area contributed by atoms with Crippen molar-refractivity contribution in [2.45, 2.75) is 57.7 Å². The van der Waals surface area contributed by atoms with Crippen LogP contribution in [0.5, 0.6) is 5.75 Å². The Morgan fingerprint density at radius 1 is 1.15 bits per heavy atom. The summed E-state index contributed by atoms with van der Waals surface area (Å²) in [7, 11) is 1.63. The summed E-state index contributed by atoms with van der Waals surface area (Å²) in [5.74, 6) is 0.786. The van der Waals surface area contributed by atoms with Gasteiger partial charge in [-0.05, 0) is 64.8 Å². The lowest BCUT2D eigenvalue weighted by Gasteiger charge is -2.46. The summed E-state index contributed by atoms with van der Waals surface area (Å²) in [5, 5.41) is 19.0. The number of nitrogens with zero attached hydrogens (tertiary/aromatic N) is 2. The van der Waals surface area contributed by atoms with Crippen molar-refractivity contribution in [2.24, 2.45) is 0 Å². The zero-order chi connectivity index (χ0) is 19.7. The van der Waals surface area contributed by atoms with Gasteiger partial charge >= 0.3 is 6.03 Å². The number of urea groups is 1. The molecule has 7 nitrogen and oxygen atoms in total. The maximum Gasteiger partial charge on any atom is 0.321 e. The summed E-state index contributed by atoms with van der Waals surface area (Å²) < 4.78 is 5.16. The van der Waals surface area contributed by atoms with Crippen molar-refractivity contribution in [1.29, 1.82) is 0 Å². The van der Waals surface area contributed by atoms with E-state index in [0.29, 0.717) is 5.13 Å². The Balaban J connectivity index is 1.60. The van der Waals surface area contributed by atoms with Crippen LogP contribution >= 0.6 is 11.3 Å². The van der Waals surface area contributed by atoms with Crippen LogP contribution in [0.2, 0.25) is 0 Å². The molecule has 1 aromatic heterocycles. The summed E-state index contributed by atoms with van der Waals surface area (Å²) in [6.45, 7) is 8.64. The lowest BCUT2D eigenvalue weighted by atomic mass is 9.80. The van der Waals surface area contributed by atoms with Crippen molar-refractivity contribution < 1.29 is 9.53 Å². The van der Waals surface area contributed by atoms with Crippen molar-refractivity contribution in [3.8, 4) is 16.3 Å². The van der Waals surface area contributed by atoms with Crippen molar-refractivity contribution in [2.75, 3.05) is 12.4 Å². The van der Waals surface area contributed by atoms with Crippen LogP contribution in [-0.4, -0.2) is 40.5 Å². The molecule has 3 rings (SSSR count). The van der Waals surface area contributed by atoms with Gasteiger partial charge in [-0.15, -0.1) is 10.2 Å². The number of nitrogens with one attached hydrogen (secondary N) is 3. The summed E-state index contributed by atoms with van der Waals surface area (Å²) in [4.78, 5) is 12.4. The number of hydrogen-bond donors (Lipinski definition) is 3. The molecule has 8 heteroatoms. The molecule has 0 bridgehead atoms. The quantitative estimate of drug-likeness (QED) is 0.743. The Labute approximate surface area is 163 Å². The Hall–Kier alpha value is -2.19. The van der Waals surface area contributed by atoms with Crippen LogP contribution < -0.4 is 20.7 Å². The van der Waals surface area contributed by atoms with Crippen LogP contribution in [0.4, 0.5) is 9.93 Å². The molecule has 1 aliphatic rings. The number of methoxy groups -OCH3 is 1. The average Bonchev–Trinajstić information content (AvgIpc) is 3.00. The number of hydrogen-bond acceptors (Lipinski definition) is 6. The van der Waals surface area contributed by atoms with Crippen LogP contribution in [0.1, 0.15) is 40.5 Å². The number of anilines is 1. The fourth-order valence-electron chi connectivity index (χ4n) is 3.87. The lowest BCUT2D eigenvalue weighted by molar-refractivity contribution is 0.149. The number of ether oxygens (including phenoxy) is 1. The molecule has 1 fully saturated rings. The maximum atomic E-state index is 12.4. The highest BCUT2D eigenvalue weighted by atomic mass is 32.1. The molecule has 3 N–H and O–H groups in total. The standard InChI is InChI=1S/C19H27N5O2S/c1-18(2)10-13(11-19(3,4)24-18)20-16(25)21-17-23-22-15(27-17)12-6-8-14(26-5)9-7-12/h6-9,13,24H,10-11H2,1-5H3,(H2,20,21,23,25). The fourth-order valence-corrected chi connectivity index (χ4v) is 4.61. The van der Waals surface area contributed by atoms with Gasteiger partial charge in [0.25, 0.3) is 0 Å².